The number of carbonyl (C=O) groups is 2. The lowest BCUT2D eigenvalue weighted by Gasteiger charge is -2.26. The van der Waals surface area contributed by atoms with E-state index in [4.69, 9.17) is 0 Å². The predicted molar refractivity (Wildman–Crippen MR) is 125 cm³/mol. The predicted octanol–water partition coefficient (Wildman–Crippen LogP) is 5.55. The fourth-order valence-electron chi connectivity index (χ4n) is 4.38. The lowest BCUT2D eigenvalue weighted by atomic mass is 9.94. The standard InChI is InChI=1S/C27H21FN2O3/c1-15-11-12-17(13-16(15)2)30-24(19-8-3-5-9-21(19)28)23(26(32)27(30)33)25(31)20-14-29-22-10-6-4-7-18(20)22/h3-14,24,29,31H,1-2H3/b25-23+. The summed E-state index contributed by atoms with van der Waals surface area (Å²) in [6.45, 7) is 3.85. The number of nitrogens with zero attached hydrogens (tertiary/aromatic N) is 1. The third-order valence-electron chi connectivity index (χ3n) is 6.26. The van der Waals surface area contributed by atoms with Crippen LogP contribution in [0, 0.1) is 19.7 Å². The van der Waals surface area contributed by atoms with E-state index < -0.39 is 23.5 Å². The second-order valence-electron chi connectivity index (χ2n) is 8.21. The Morgan fingerprint density at radius 2 is 1.70 bits per heavy atom. The van der Waals surface area contributed by atoms with Crippen molar-refractivity contribution < 1.29 is 19.1 Å². The number of aliphatic hydroxyl groups excluding tert-OH is 1. The number of nitrogens with one attached hydrogen (secondary N) is 1. The van der Waals surface area contributed by atoms with Crippen LogP contribution in [0.3, 0.4) is 0 Å². The number of hydrogen-bond acceptors (Lipinski definition) is 3. The molecular formula is C27H21FN2O3. The highest BCUT2D eigenvalue weighted by atomic mass is 19.1. The topological polar surface area (TPSA) is 73.4 Å². The normalized spacial score (nSPS) is 17.8. The lowest BCUT2D eigenvalue weighted by Crippen LogP contribution is -2.30. The van der Waals surface area contributed by atoms with Crippen molar-refractivity contribution in [3.63, 3.8) is 0 Å². The lowest BCUT2D eigenvalue weighted by molar-refractivity contribution is -0.132. The van der Waals surface area contributed by atoms with Gasteiger partial charge in [0.05, 0.1) is 11.6 Å². The van der Waals surface area contributed by atoms with E-state index in [-0.39, 0.29) is 16.9 Å². The number of carbonyl (C=O) groups excluding carboxylic acids is 2. The van der Waals surface area contributed by atoms with Gasteiger partial charge in [0.15, 0.2) is 0 Å². The van der Waals surface area contributed by atoms with Gasteiger partial charge in [0.2, 0.25) is 0 Å². The van der Waals surface area contributed by atoms with Gasteiger partial charge >= 0.3 is 0 Å². The third-order valence-corrected chi connectivity index (χ3v) is 6.26. The number of para-hydroxylation sites is 1. The van der Waals surface area contributed by atoms with Crippen molar-refractivity contribution in [2.75, 3.05) is 4.90 Å². The largest absolute Gasteiger partial charge is 0.507 e. The highest BCUT2D eigenvalue weighted by Crippen LogP contribution is 2.43. The summed E-state index contributed by atoms with van der Waals surface area (Å²) in [5, 5.41) is 12.0. The first-order valence-corrected chi connectivity index (χ1v) is 10.6. The summed E-state index contributed by atoms with van der Waals surface area (Å²) in [6, 6.07) is 17.6. The highest BCUT2D eigenvalue weighted by molar-refractivity contribution is 6.51. The van der Waals surface area contributed by atoms with Gasteiger partial charge in [0, 0.05) is 33.9 Å². The van der Waals surface area contributed by atoms with E-state index in [1.807, 2.05) is 38.1 Å². The molecule has 1 fully saturated rings. The number of H-pyrrole nitrogens is 1. The van der Waals surface area contributed by atoms with E-state index >= 15 is 4.39 Å². The molecule has 1 atom stereocenters. The molecule has 1 unspecified atom stereocenters. The number of aliphatic hydroxyl groups is 1. The first kappa shape index (κ1) is 20.7. The van der Waals surface area contributed by atoms with Crippen LogP contribution in [-0.2, 0) is 9.59 Å². The fourth-order valence-corrected chi connectivity index (χ4v) is 4.38. The van der Waals surface area contributed by atoms with Crippen LogP contribution in [0.5, 0.6) is 0 Å². The minimum absolute atomic E-state index is 0.135. The average Bonchev–Trinajstić information content (AvgIpc) is 3.35. The van der Waals surface area contributed by atoms with Gasteiger partial charge in [-0.15, -0.1) is 0 Å². The smallest absolute Gasteiger partial charge is 0.300 e. The molecule has 0 radical (unpaired) electrons. The van der Waals surface area contributed by atoms with E-state index in [9.17, 15) is 14.7 Å². The molecule has 4 aromatic rings. The maximum absolute atomic E-state index is 15.0. The van der Waals surface area contributed by atoms with Crippen molar-refractivity contribution in [2.45, 2.75) is 19.9 Å². The average molecular weight is 440 g/mol. The van der Waals surface area contributed by atoms with Crippen LogP contribution in [0.15, 0.2) is 78.5 Å². The maximum atomic E-state index is 15.0. The summed E-state index contributed by atoms with van der Waals surface area (Å²) in [7, 11) is 0. The molecule has 5 nitrogen and oxygen atoms in total. The van der Waals surface area contributed by atoms with Crippen molar-refractivity contribution >= 4 is 34.0 Å². The molecule has 0 aliphatic carbocycles. The number of halogens is 1. The molecule has 1 saturated heterocycles. The van der Waals surface area contributed by atoms with Gasteiger partial charge in [0.25, 0.3) is 11.7 Å². The Morgan fingerprint density at radius 1 is 0.970 bits per heavy atom. The van der Waals surface area contributed by atoms with Crippen LogP contribution < -0.4 is 4.90 Å². The van der Waals surface area contributed by atoms with E-state index in [1.165, 1.54) is 17.0 Å². The first-order chi connectivity index (χ1) is 15.9. The van der Waals surface area contributed by atoms with Crippen molar-refractivity contribution in [1.82, 2.24) is 4.98 Å². The molecule has 2 heterocycles. The SMILES string of the molecule is Cc1ccc(N2C(=O)C(=O)/C(=C(/O)c3c[nH]c4ccccc34)C2c2ccccc2F)cc1C. The maximum Gasteiger partial charge on any atom is 0.300 e. The molecule has 33 heavy (non-hydrogen) atoms. The molecule has 1 aliphatic heterocycles. The summed E-state index contributed by atoms with van der Waals surface area (Å²) in [4.78, 5) is 30.8. The number of Topliss-reactive ketones (excluding diaryl/α,β-unsaturated/α-hetero) is 1. The van der Waals surface area contributed by atoms with Gasteiger partial charge in [-0.2, -0.15) is 0 Å². The number of aromatic nitrogens is 1. The Kier molecular flexibility index (Phi) is 4.86. The Labute approximate surface area is 189 Å². The first-order valence-electron chi connectivity index (χ1n) is 10.6. The molecule has 3 aromatic carbocycles. The van der Waals surface area contributed by atoms with E-state index in [1.54, 1.807) is 36.5 Å². The Hall–Kier alpha value is -4.19. The summed E-state index contributed by atoms with van der Waals surface area (Å²) in [5.41, 5.74) is 3.56. The summed E-state index contributed by atoms with van der Waals surface area (Å²) in [5.74, 6) is -2.58. The molecule has 0 saturated carbocycles. The number of rotatable bonds is 3. The monoisotopic (exact) mass is 440 g/mol. The number of anilines is 1. The van der Waals surface area contributed by atoms with E-state index in [2.05, 4.69) is 4.98 Å². The molecule has 2 N–H and O–H groups in total. The van der Waals surface area contributed by atoms with Crippen LogP contribution in [0.1, 0.15) is 28.3 Å². The third kappa shape index (κ3) is 3.22. The zero-order chi connectivity index (χ0) is 23.3. The molecule has 1 aliphatic rings. The number of hydrogen-bond donors (Lipinski definition) is 2. The van der Waals surface area contributed by atoms with Crippen molar-refractivity contribution in [2.24, 2.45) is 0 Å². The molecule has 6 heteroatoms. The zero-order valence-corrected chi connectivity index (χ0v) is 18.1. The van der Waals surface area contributed by atoms with Crippen LogP contribution >= 0.6 is 0 Å². The molecule has 5 rings (SSSR count). The van der Waals surface area contributed by atoms with Gasteiger partial charge in [-0.05, 0) is 49.2 Å². The summed E-state index contributed by atoms with van der Waals surface area (Å²) in [6.07, 6.45) is 1.59. The molecular weight excluding hydrogens is 419 g/mol. The number of aromatic amines is 1. The van der Waals surface area contributed by atoms with Crippen LogP contribution in [-0.4, -0.2) is 21.8 Å². The van der Waals surface area contributed by atoms with Gasteiger partial charge in [-0.3, -0.25) is 14.5 Å². The molecule has 164 valence electrons. The van der Waals surface area contributed by atoms with Gasteiger partial charge in [0.1, 0.15) is 11.6 Å². The number of amides is 1. The van der Waals surface area contributed by atoms with Crippen LogP contribution in [0.2, 0.25) is 0 Å². The minimum Gasteiger partial charge on any atom is -0.507 e. The Balaban J connectivity index is 1.78. The summed E-state index contributed by atoms with van der Waals surface area (Å²) >= 11 is 0. The van der Waals surface area contributed by atoms with Gasteiger partial charge in [-0.25, -0.2) is 4.39 Å². The van der Waals surface area contributed by atoms with E-state index in [0.29, 0.717) is 16.6 Å². The van der Waals surface area contributed by atoms with Crippen molar-refractivity contribution in [1.29, 1.82) is 0 Å². The number of aryl methyl sites for hydroxylation is 2. The minimum atomic E-state index is -1.11. The second kappa shape index (κ2) is 7.74. The molecule has 0 bridgehead atoms. The molecule has 1 amide bonds. The van der Waals surface area contributed by atoms with Crippen molar-refractivity contribution in [3.05, 3.63) is 107 Å². The number of fused-ring (bicyclic) bond motifs is 1. The number of benzene rings is 3. The van der Waals surface area contributed by atoms with Crippen LogP contribution in [0.4, 0.5) is 10.1 Å². The van der Waals surface area contributed by atoms with E-state index in [0.717, 1.165) is 16.6 Å². The van der Waals surface area contributed by atoms with Gasteiger partial charge in [-0.1, -0.05) is 42.5 Å². The molecule has 1 aromatic heterocycles. The zero-order valence-electron chi connectivity index (χ0n) is 18.1. The quantitative estimate of drug-likeness (QED) is 0.249. The molecule has 0 spiro atoms. The van der Waals surface area contributed by atoms with Gasteiger partial charge < -0.3 is 10.1 Å². The summed E-state index contributed by atoms with van der Waals surface area (Å²) < 4.78 is 15.0. The number of ketones is 1. The Morgan fingerprint density at radius 3 is 2.45 bits per heavy atom. The highest BCUT2D eigenvalue weighted by Gasteiger charge is 2.48. The Bertz CT molecular complexity index is 1470. The second-order valence-corrected chi connectivity index (χ2v) is 8.21. The van der Waals surface area contributed by atoms with Crippen LogP contribution in [0.25, 0.3) is 16.7 Å². The fraction of sp³-hybridized carbons (Fsp3) is 0.111. The van der Waals surface area contributed by atoms with Crippen molar-refractivity contribution in [3.8, 4) is 0 Å².